The molecule has 0 aromatic heterocycles. The minimum atomic E-state index is 0.640. The van der Waals surface area contributed by atoms with Gasteiger partial charge in [-0.1, -0.05) is 12.1 Å². The van der Waals surface area contributed by atoms with Crippen LogP contribution < -0.4 is 18.9 Å². The summed E-state index contributed by atoms with van der Waals surface area (Å²) in [5, 5.41) is 0. The molecule has 0 radical (unpaired) electrons. The van der Waals surface area contributed by atoms with Crippen LogP contribution in [-0.4, -0.2) is 71.5 Å². The van der Waals surface area contributed by atoms with Gasteiger partial charge in [-0.15, -0.1) is 0 Å². The Hall–Kier alpha value is -2.44. The van der Waals surface area contributed by atoms with Gasteiger partial charge < -0.3 is 28.7 Å². The van der Waals surface area contributed by atoms with Crippen molar-refractivity contribution in [2.24, 2.45) is 5.92 Å². The van der Waals surface area contributed by atoms with Crippen LogP contribution in [0.15, 0.2) is 36.4 Å². The second-order valence-corrected chi connectivity index (χ2v) is 8.64. The predicted octanol–water partition coefficient (Wildman–Crippen LogP) is 4.11. The van der Waals surface area contributed by atoms with Gasteiger partial charge >= 0.3 is 0 Å². The van der Waals surface area contributed by atoms with Crippen LogP contribution in [0.3, 0.4) is 0 Å². The van der Waals surface area contributed by atoms with Crippen LogP contribution in [-0.2, 0) is 13.0 Å². The lowest BCUT2D eigenvalue weighted by Gasteiger charge is -2.35. The molecule has 0 aliphatic carbocycles. The van der Waals surface area contributed by atoms with Crippen molar-refractivity contribution in [3.63, 3.8) is 0 Å². The monoisotopic (exact) mass is 442 g/mol. The van der Waals surface area contributed by atoms with Crippen LogP contribution in [0.2, 0.25) is 0 Å². The topological polar surface area (TPSA) is 43.4 Å². The van der Waals surface area contributed by atoms with Crippen molar-refractivity contribution in [1.29, 1.82) is 0 Å². The molecule has 0 amide bonds. The van der Waals surface area contributed by atoms with E-state index >= 15 is 0 Å². The van der Waals surface area contributed by atoms with Crippen molar-refractivity contribution in [2.75, 3.05) is 61.7 Å². The van der Waals surface area contributed by atoms with E-state index in [0.717, 1.165) is 43.9 Å². The maximum atomic E-state index is 5.50. The Labute approximate surface area is 193 Å². The third-order valence-electron chi connectivity index (χ3n) is 6.23. The van der Waals surface area contributed by atoms with Gasteiger partial charge in [0.2, 0.25) is 5.75 Å². The molecule has 0 spiro atoms. The predicted molar refractivity (Wildman–Crippen MR) is 128 cm³/mol. The molecule has 0 N–H and O–H groups in total. The minimum absolute atomic E-state index is 0.640. The van der Waals surface area contributed by atoms with Gasteiger partial charge in [0.05, 0.1) is 28.4 Å². The molecule has 2 aromatic rings. The largest absolute Gasteiger partial charge is 0.497 e. The molecule has 1 saturated heterocycles. The second kappa shape index (κ2) is 12.0. The quantitative estimate of drug-likeness (QED) is 0.522. The first-order valence-electron chi connectivity index (χ1n) is 11.4. The highest BCUT2D eigenvalue weighted by atomic mass is 16.5. The highest BCUT2D eigenvalue weighted by molar-refractivity contribution is 5.53. The molecule has 6 nitrogen and oxygen atoms in total. The summed E-state index contributed by atoms with van der Waals surface area (Å²) in [7, 11) is 8.86. The number of nitrogens with zero attached hydrogens (tertiary/aromatic N) is 2. The maximum absolute atomic E-state index is 5.50. The van der Waals surface area contributed by atoms with Gasteiger partial charge in [-0.05, 0) is 74.2 Å². The summed E-state index contributed by atoms with van der Waals surface area (Å²) in [6, 6.07) is 12.5. The molecule has 6 heteroatoms. The zero-order valence-corrected chi connectivity index (χ0v) is 20.2. The van der Waals surface area contributed by atoms with E-state index in [4.69, 9.17) is 18.9 Å². The minimum Gasteiger partial charge on any atom is -0.497 e. The van der Waals surface area contributed by atoms with E-state index in [2.05, 4.69) is 29.0 Å². The fourth-order valence-electron chi connectivity index (χ4n) is 4.63. The molecule has 32 heavy (non-hydrogen) atoms. The highest BCUT2D eigenvalue weighted by Gasteiger charge is 2.21. The smallest absolute Gasteiger partial charge is 0.203 e. The molecule has 1 aliphatic heterocycles. The van der Waals surface area contributed by atoms with E-state index in [0.29, 0.717) is 23.2 Å². The average Bonchev–Trinajstić information content (AvgIpc) is 2.82. The van der Waals surface area contributed by atoms with Crippen LogP contribution in [0.25, 0.3) is 0 Å². The molecular weight excluding hydrogens is 404 g/mol. The van der Waals surface area contributed by atoms with Gasteiger partial charge in [-0.25, -0.2) is 0 Å². The first kappa shape index (κ1) is 24.2. The lowest BCUT2D eigenvalue weighted by Crippen LogP contribution is -2.40. The van der Waals surface area contributed by atoms with Crippen molar-refractivity contribution in [3.8, 4) is 23.0 Å². The van der Waals surface area contributed by atoms with Crippen molar-refractivity contribution >= 4 is 0 Å². The lowest BCUT2D eigenvalue weighted by atomic mass is 9.97. The van der Waals surface area contributed by atoms with Gasteiger partial charge in [0, 0.05) is 26.2 Å². The van der Waals surface area contributed by atoms with Crippen molar-refractivity contribution < 1.29 is 18.9 Å². The summed E-state index contributed by atoms with van der Waals surface area (Å²) in [4.78, 5) is 5.02. The third kappa shape index (κ3) is 6.53. The second-order valence-electron chi connectivity index (χ2n) is 8.64. The van der Waals surface area contributed by atoms with Crippen LogP contribution >= 0.6 is 0 Å². The van der Waals surface area contributed by atoms with Gasteiger partial charge in [0.15, 0.2) is 11.5 Å². The van der Waals surface area contributed by atoms with Crippen molar-refractivity contribution in [2.45, 2.75) is 25.8 Å². The van der Waals surface area contributed by atoms with E-state index < -0.39 is 0 Å². The average molecular weight is 443 g/mol. The van der Waals surface area contributed by atoms with E-state index in [-0.39, 0.29) is 0 Å². The molecule has 0 bridgehead atoms. The summed E-state index contributed by atoms with van der Waals surface area (Å²) in [5.74, 6) is 3.66. The summed E-state index contributed by atoms with van der Waals surface area (Å²) in [6.07, 6.45) is 3.64. The van der Waals surface area contributed by atoms with Crippen molar-refractivity contribution in [3.05, 3.63) is 47.5 Å². The maximum Gasteiger partial charge on any atom is 0.203 e. The standard InChI is InChI=1S/C26H38N2O4/c1-27(18-22-15-24(30-3)26(32-5)25(16-22)31-4)17-21-7-6-13-28(19-21)14-12-20-8-10-23(29-2)11-9-20/h8-11,15-16,21H,6-7,12-14,17-19H2,1-5H3/t21-/m0/s1. The van der Waals surface area contributed by atoms with Crippen LogP contribution in [0.4, 0.5) is 0 Å². The van der Waals surface area contributed by atoms with Crippen LogP contribution in [0, 0.1) is 5.92 Å². The van der Waals surface area contributed by atoms with E-state index in [9.17, 15) is 0 Å². The van der Waals surface area contributed by atoms with E-state index in [1.165, 1.54) is 24.9 Å². The molecule has 1 aliphatic rings. The number of methoxy groups -OCH3 is 4. The van der Waals surface area contributed by atoms with Gasteiger partial charge in [0.25, 0.3) is 0 Å². The molecule has 1 fully saturated rings. The van der Waals surface area contributed by atoms with E-state index in [1.807, 2.05) is 24.3 Å². The van der Waals surface area contributed by atoms with Crippen molar-refractivity contribution in [1.82, 2.24) is 9.80 Å². The van der Waals surface area contributed by atoms with Gasteiger partial charge in [0.1, 0.15) is 5.75 Å². The Morgan fingerprint density at radius 1 is 0.906 bits per heavy atom. The number of benzene rings is 2. The number of ether oxygens (including phenoxy) is 4. The number of piperidine rings is 1. The molecular formula is C26H38N2O4. The highest BCUT2D eigenvalue weighted by Crippen LogP contribution is 2.38. The molecule has 2 aromatic carbocycles. The first-order chi connectivity index (χ1) is 15.6. The number of likely N-dealkylation sites (tertiary alicyclic amines) is 1. The summed E-state index contributed by atoms with van der Waals surface area (Å²) >= 11 is 0. The lowest BCUT2D eigenvalue weighted by molar-refractivity contribution is 0.142. The molecule has 1 heterocycles. The summed E-state index contributed by atoms with van der Waals surface area (Å²) < 4.78 is 21.7. The van der Waals surface area contributed by atoms with E-state index in [1.54, 1.807) is 28.4 Å². The number of rotatable bonds is 11. The third-order valence-corrected chi connectivity index (χ3v) is 6.23. The Balaban J connectivity index is 1.52. The Kier molecular flexibility index (Phi) is 9.06. The zero-order valence-electron chi connectivity index (χ0n) is 20.2. The summed E-state index contributed by atoms with van der Waals surface area (Å²) in [6.45, 7) is 5.40. The Bertz CT molecular complexity index is 815. The molecule has 176 valence electrons. The van der Waals surface area contributed by atoms with Crippen LogP contribution in [0.5, 0.6) is 23.0 Å². The normalized spacial score (nSPS) is 16.8. The SMILES string of the molecule is COc1ccc(CCN2CCC[C@@H](CN(C)Cc3cc(OC)c(OC)c(OC)c3)C2)cc1. The Morgan fingerprint density at radius 2 is 1.59 bits per heavy atom. The van der Waals surface area contributed by atoms with Crippen LogP contribution in [0.1, 0.15) is 24.0 Å². The zero-order chi connectivity index (χ0) is 22.9. The van der Waals surface area contributed by atoms with Gasteiger partial charge in [-0.3, -0.25) is 0 Å². The number of hydrogen-bond donors (Lipinski definition) is 0. The Morgan fingerprint density at radius 3 is 2.19 bits per heavy atom. The molecule has 0 unspecified atom stereocenters. The van der Waals surface area contributed by atoms with Gasteiger partial charge in [-0.2, -0.15) is 0 Å². The first-order valence-corrected chi connectivity index (χ1v) is 11.4. The molecule has 3 rings (SSSR count). The molecule has 1 atom stereocenters. The summed E-state index contributed by atoms with van der Waals surface area (Å²) in [5.41, 5.74) is 2.53. The number of hydrogen-bond acceptors (Lipinski definition) is 6. The fourth-order valence-corrected chi connectivity index (χ4v) is 4.63. The fraction of sp³-hybridized carbons (Fsp3) is 0.538. The molecule has 0 saturated carbocycles.